The average Bonchev–Trinajstić information content (AvgIpc) is 2.05. The van der Waals surface area contributed by atoms with Crippen LogP contribution in [-0.2, 0) is 0 Å². The van der Waals surface area contributed by atoms with Crippen LogP contribution in [0.25, 0.3) is 0 Å². The van der Waals surface area contributed by atoms with Crippen molar-refractivity contribution in [2.45, 2.75) is 26.7 Å². The molecular formula is C10H22N2. The Labute approximate surface area is 76.4 Å². The molecule has 2 N–H and O–H groups in total. The number of nitrogens with zero attached hydrogens (tertiary/aromatic N) is 1. The quantitative estimate of drug-likeness (QED) is 0.588. The number of hydrogen-bond acceptors (Lipinski definition) is 2. The van der Waals surface area contributed by atoms with E-state index in [0.29, 0.717) is 6.54 Å². The van der Waals surface area contributed by atoms with Crippen molar-refractivity contribution in [1.82, 2.24) is 4.90 Å². The zero-order valence-electron chi connectivity index (χ0n) is 8.47. The molecule has 0 spiro atoms. The molecule has 0 aliphatic heterocycles. The number of nitrogens with two attached hydrogens (primary N) is 1. The van der Waals surface area contributed by atoms with Gasteiger partial charge in [0.15, 0.2) is 0 Å². The smallest absolute Gasteiger partial charge is 0.0202 e. The van der Waals surface area contributed by atoms with E-state index in [9.17, 15) is 0 Å². The molecule has 2 nitrogen and oxygen atoms in total. The maximum absolute atomic E-state index is 5.49. The number of rotatable bonds is 7. The predicted octanol–water partition coefficient (Wildman–Crippen LogP) is 1.62. The molecule has 0 unspecified atom stereocenters. The minimum Gasteiger partial charge on any atom is -0.327 e. The summed E-state index contributed by atoms with van der Waals surface area (Å²) in [5, 5.41) is 0. The van der Waals surface area contributed by atoms with E-state index in [1.165, 1.54) is 12.8 Å². The van der Waals surface area contributed by atoms with Crippen molar-refractivity contribution >= 4 is 0 Å². The molecule has 0 saturated carbocycles. The summed E-state index contributed by atoms with van der Waals surface area (Å²) in [6.07, 6.45) is 2.41. The highest BCUT2D eigenvalue weighted by molar-refractivity contribution is 4.98. The van der Waals surface area contributed by atoms with Crippen molar-refractivity contribution in [2.75, 3.05) is 26.2 Å². The molecule has 0 atom stereocenters. The molecule has 0 aromatic rings. The summed E-state index contributed by atoms with van der Waals surface area (Å²) in [5.74, 6) is 0. The molecule has 12 heavy (non-hydrogen) atoms. The monoisotopic (exact) mass is 170 g/mol. The zero-order chi connectivity index (χ0) is 9.40. The minimum absolute atomic E-state index is 0.615. The third-order valence-corrected chi connectivity index (χ3v) is 1.82. The molecule has 0 aliphatic carbocycles. The molecule has 0 heterocycles. The van der Waals surface area contributed by atoms with Crippen LogP contribution < -0.4 is 5.73 Å². The summed E-state index contributed by atoms with van der Waals surface area (Å²) in [7, 11) is 0. The van der Waals surface area contributed by atoms with Crippen molar-refractivity contribution in [3.63, 3.8) is 0 Å². The van der Waals surface area contributed by atoms with Gasteiger partial charge in [-0.05, 0) is 31.5 Å². The molecule has 0 bridgehead atoms. The van der Waals surface area contributed by atoms with E-state index in [0.717, 1.165) is 25.2 Å². The van der Waals surface area contributed by atoms with Crippen LogP contribution in [-0.4, -0.2) is 31.1 Å². The van der Waals surface area contributed by atoms with E-state index in [1.54, 1.807) is 0 Å². The van der Waals surface area contributed by atoms with Crippen LogP contribution in [0.2, 0.25) is 0 Å². The first kappa shape index (κ1) is 11.7. The normalized spacial score (nSPS) is 10.7. The number of hydrogen-bond donors (Lipinski definition) is 1. The maximum atomic E-state index is 5.49. The van der Waals surface area contributed by atoms with Crippen molar-refractivity contribution in [2.24, 2.45) is 5.73 Å². The lowest BCUT2D eigenvalue weighted by Gasteiger charge is -2.21. The molecule has 2 heteroatoms. The Morgan fingerprint density at radius 3 is 2.08 bits per heavy atom. The zero-order valence-corrected chi connectivity index (χ0v) is 8.47. The lowest BCUT2D eigenvalue weighted by molar-refractivity contribution is 0.296. The standard InChI is InChI=1S/C10H22N2/c1-4-6-12(7-5-2)9-10(3)8-11/h3-9,11H2,1-2H3. The van der Waals surface area contributed by atoms with Gasteiger partial charge in [-0.25, -0.2) is 0 Å². The second kappa shape index (κ2) is 7.32. The average molecular weight is 170 g/mol. The van der Waals surface area contributed by atoms with Crippen LogP contribution in [0.5, 0.6) is 0 Å². The highest BCUT2D eigenvalue weighted by atomic mass is 15.1. The molecule has 0 aromatic heterocycles. The summed E-state index contributed by atoms with van der Waals surface area (Å²) >= 11 is 0. The highest BCUT2D eigenvalue weighted by Crippen LogP contribution is 1.98. The first-order chi connectivity index (χ1) is 5.74. The van der Waals surface area contributed by atoms with Crippen LogP contribution in [0.3, 0.4) is 0 Å². The molecule has 0 radical (unpaired) electrons. The highest BCUT2D eigenvalue weighted by Gasteiger charge is 2.02. The van der Waals surface area contributed by atoms with Gasteiger partial charge in [0.2, 0.25) is 0 Å². The largest absolute Gasteiger partial charge is 0.327 e. The van der Waals surface area contributed by atoms with Gasteiger partial charge in [0.05, 0.1) is 0 Å². The molecular weight excluding hydrogens is 148 g/mol. The van der Waals surface area contributed by atoms with E-state index >= 15 is 0 Å². The van der Waals surface area contributed by atoms with Gasteiger partial charge in [0.1, 0.15) is 0 Å². The Bertz CT molecular complexity index is 115. The van der Waals surface area contributed by atoms with Gasteiger partial charge in [0, 0.05) is 13.1 Å². The third-order valence-electron chi connectivity index (χ3n) is 1.82. The second-order valence-corrected chi connectivity index (χ2v) is 3.23. The summed E-state index contributed by atoms with van der Waals surface area (Å²) in [4.78, 5) is 2.41. The summed E-state index contributed by atoms with van der Waals surface area (Å²) in [5.41, 5.74) is 6.62. The van der Waals surface area contributed by atoms with Crippen molar-refractivity contribution < 1.29 is 0 Å². The molecule has 0 aliphatic rings. The second-order valence-electron chi connectivity index (χ2n) is 3.23. The minimum atomic E-state index is 0.615. The lowest BCUT2D eigenvalue weighted by atomic mass is 10.2. The third kappa shape index (κ3) is 5.33. The van der Waals surface area contributed by atoms with Gasteiger partial charge < -0.3 is 5.73 Å². The lowest BCUT2D eigenvalue weighted by Crippen LogP contribution is -2.29. The van der Waals surface area contributed by atoms with E-state index < -0.39 is 0 Å². The summed E-state index contributed by atoms with van der Waals surface area (Å²) in [6.45, 7) is 12.2. The van der Waals surface area contributed by atoms with E-state index in [4.69, 9.17) is 5.73 Å². The van der Waals surface area contributed by atoms with Gasteiger partial charge in [-0.2, -0.15) is 0 Å². The van der Waals surface area contributed by atoms with Crippen molar-refractivity contribution in [1.29, 1.82) is 0 Å². The van der Waals surface area contributed by atoms with Gasteiger partial charge in [0.25, 0.3) is 0 Å². The van der Waals surface area contributed by atoms with E-state index in [2.05, 4.69) is 25.3 Å². The maximum Gasteiger partial charge on any atom is 0.0202 e. The first-order valence-electron chi connectivity index (χ1n) is 4.83. The van der Waals surface area contributed by atoms with Gasteiger partial charge >= 0.3 is 0 Å². The Hall–Kier alpha value is -0.340. The van der Waals surface area contributed by atoms with E-state index in [-0.39, 0.29) is 0 Å². The van der Waals surface area contributed by atoms with Crippen molar-refractivity contribution in [3.8, 4) is 0 Å². The van der Waals surface area contributed by atoms with Crippen LogP contribution >= 0.6 is 0 Å². The molecule has 0 saturated heterocycles. The molecule has 0 rings (SSSR count). The Morgan fingerprint density at radius 2 is 1.75 bits per heavy atom. The molecule has 0 amide bonds. The fourth-order valence-corrected chi connectivity index (χ4v) is 1.28. The van der Waals surface area contributed by atoms with Crippen LogP contribution in [0.4, 0.5) is 0 Å². The fourth-order valence-electron chi connectivity index (χ4n) is 1.28. The van der Waals surface area contributed by atoms with Gasteiger partial charge in [-0.15, -0.1) is 0 Å². The topological polar surface area (TPSA) is 29.3 Å². The Balaban J connectivity index is 3.68. The molecule has 0 aromatic carbocycles. The SMILES string of the molecule is C=C(CN)CN(CCC)CCC. The van der Waals surface area contributed by atoms with Gasteiger partial charge in [-0.3, -0.25) is 4.90 Å². The predicted molar refractivity (Wildman–Crippen MR) is 55.2 cm³/mol. The van der Waals surface area contributed by atoms with E-state index in [1.807, 2.05) is 0 Å². The Morgan fingerprint density at radius 1 is 1.25 bits per heavy atom. The van der Waals surface area contributed by atoms with Gasteiger partial charge in [-0.1, -0.05) is 20.4 Å². The van der Waals surface area contributed by atoms with Crippen LogP contribution in [0.1, 0.15) is 26.7 Å². The molecule has 0 fully saturated rings. The Kier molecular flexibility index (Phi) is 7.11. The molecule has 72 valence electrons. The van der Waals surface area contributed by atoms with Crippen LogP contribution in [0, 0.1) is 0 Å². The fraction of sp³-hybridized carbons (Fsp3) is 0.800. The van der Waals surface area contributed by atoms with Crippen LogP contribution in [0.15, 0.2) is 12.2 Å². The first-order valence-corrected chi connectivity index (χ1v) is 4.83. The van der Waals surface area contributed by atoms with Crippen molar-refractivity contribution in [3.05, 3.63) is 12.2 Å². The summed E-state index contributed by atoms with van der Waals surface area (Å²) in [6, 6.07) is 0. The summed E-state index contributed by atoms with van der Waals surface area (Å²) < 4.78 is 0.